The average molecular weight is 242 g/mol. The Balaban J connectivity index is 2.78. The normalized spacial score (nSPS) is 12.6. The van der Waals surface area contributed by atoms with E-state index in [9.17, 15) is 13.6 Å². The second kappa shape index (κ2) is 6.03. The number of hydrogen-bond acceptors (Lipinski definition) is 7. The highest BCUT2D eigenvalue weighted by molar-refractivity contribution is 7.79. The average Bonchev–Trinajstić information content (AvgIpc) is 2.28. The Morgan fingerprint density at radius 3 is 3.00 bits per heavy atom. The van der Waals surface area contributed by atoms with Crippen molar-refractivity contribution in [2.45, 2.75) is 0 Å². The molecular formula is C8H8N3O4S-. The zero-order valence-corrected chi connectivity index (χ0v) is 9.14. The van der Waals surface area contributed by atoms with E-state index in [2.05, 4.69) is 19.9 Å². The van der Waals surface area contributed by atoms with Crippen LogP contribution in [-0.2, 0) is 15.8 Å². The number of esters is 1. The number of aromatic nitrogens is 1. The van der Waals surface area contributed by atoms with Crippen LogP contribution in [0, 0.1) is 0 Å². The Bertz CT molecular complexity index is 435. The zero-order valence-electron chi connectivity index (χ0n) is 8.32. The molecule has 0 spiro atoms. The molecule has 0 fully saturated rings. The molecule has 0 aliphatic heterocycles. The van der Waals surface area contributed by atoms with Gasteiger partial charge in [0.15, 0.2) is 0 Å². The molecule has 0 aliphatic rings. The van der Waals surface area contributed by atoms with E-state index in [1.165, 1.54) is 25.6 Å². The van der Waals surface area contributed by atoms with E-state index in [1.54, 1.807) is 0 Å². The minimum absolute atomic E-state index is 0.224. The Morgan fingerprint density at radius 1 is 1.62 bits per heavy atom. The molecule has 0 bridgehead atoms. The molecule has 1 rings (SSSR count). The van der Waals surface area contributed by atoms with E-state index >= 15 is 0 Å². The summed E-state index contributed by atoms with van der Waals surface area (Å²) in [5.41, 5.74) is 0.510. The Kier molecular flexibility index (Phi) is 4.67. The third-order valence-electron chi connectivity index (χ3n) is 1.49. The fourth-order valence-corrected chi connectivity index (χ4v) is 1.02. The quantitative estimate of drug-likeness (QED) is 0.441. The maximum atomic E-state index is 11.1. The first-order valence-corrected chi connectivity index (χ1v) is 5.34. The van der Waals surface area contributed by atoms with Gasteiger partial charge in [-0.15, -0.1) is 0 Å². The Hall–Kier alpha value is -1.67. The van der Waals surface area contributed by atoms with Gasteiger partial charge >= 0.3 is 5.97 Å². The van der Waals surface area contributed by atoms with Gasteiger partial charge in [0, 0.05) is 6.20 Å². The van der Waals surface area contributed by atoms with Gasteiger partial charge < -0.3 is 9.29 Å². The second-order valence-electron chi connectivity index (χ2n) is 2.60. The van der Waals surface area contributed by atoms with Crippen LogP contribution >= 0.6 is 0 Å². The van der Waals surface area contributed by atoms with Crippen molar-refractivity contribution >= 4 is 22.7 Å². The van der Waals surface area contributed by atoms with Gasteiger partial charge in [0.05, 0.1) is 18.9 Å². The molecule has 1 aromatic rings. The van der Waals surface area contributed by atoms with E-state index in [0.29, 0.717) is 0 Å². The van der Waals surface area contributed by atoms with E-state index in [-0.39, 0.29) is 11.3 Å². The van der Waals surface area contributed by atoms with Gasteiger partial charge in [0.1, 0.15) is 11.6 Å². The summed E-state index contributed by atoms with van der Waals surface area (Å²) in [6.45, 7) is 0. The van der Waals surface area contributed by atoms with Crippen LogP contribution in [0.5, 0.6) is 0 Å². The van der Waals surface area contributed by atoms with Crippen LogP contribution in [0.15, 0.2) is 28.7 Å². The molecule has 1 atom stereocenters. The summed E-state index contributed by atoms with van der Waals surface area (Å²) < 4.78 is 24.8. The largest absolute Gasteiger partial charge is 0.771 e. The van der Waals surface area contributed by atoms with Gasteiger partial charge in [-0.1, -0.05) is 0 Å². The van der Waals surface area contributed by atoms with Crippen LogP contribution in [0.3, 0.4) is 0 Å². The Morgan fingerprint density at radius 2 is 2.38 bits per heavy atom. The predicted octanol–water partition coefficient (Wildman–Crippen LogP) is 0.788. The van der Waals surface area contributed by atoms with Gasteiger partial charge in [-0.3, -0.25) is 9.19 Å². The lowest BCUT2D eigenvalue weighted by molar-refractivity contribution is 0.0600. The molecule has 1 heterocycles. The molecule has 0 N–H and O–H groups in total. The fraction of sp³-hybridized carbons (Fsp3) is 0.250. The lowest BCUT2D eigenvalue weighted by Crippen LogP contribution is -2.00. The third-order valence-corrected chi connectivity index (χ3v) is 1.82. The lowest BCUT2D eigenvalue weighted by Gasteiger charge is -1.99. The molecule has 0 aromatic carbocycles. The van der Waals surface area contributed by atoms with Crippen molar-refractivity contribution in [3.8, 4) is 0 Å². The summed E-state index contributed by atoms with van der Waals surface area (Å²) in [6.07, 6.45) is 2.67. The number of ether oxygens (including phenoxy) is 1. The molecule has 7 nitrogen and oxygen atoms in total. The summed E-state index contributed by atoms with van der Waals surface area (Å²) >= 11 is -2.28. The number of hydrogen-bond donors (Lipinski definition) is 0. The molecule has 16 heavy (non-hydrogen) atoms. The maximum Gasteiger partial charge on any atom is 0.339 e. The Labute approximate surface area is 93.8 Å². The number of pyridine rings is 1. The topological polar surface area (TPSA) is 104 Å². The van der Waals surface area contributed by atoms with E-state index in [0.717, 1.165) is 0 Å². The van der Waals surface area contributed by atoms with Gasteiger partial charge in [-0.2, -0.15) is 10.2 Å². The van der Waals surface area contributed by atoms with Crippen LogP contribution in [0.1, 0.15) is 10.4 Å². The van der Waals surface area contributed by atoms with Crippen molar-refractivity contribution in [3.05, 3.63) is 24.0 Å². The number of methoxy groups -OCH3 is 1. The summed E-state index contributed by atoms with van der Waals surface area (Å²) in [5, 5.41) is 6.97. The monoisotopic (exact) mass is 242 g/mol. The fourth-order valence-electron chi connectivity index (χ4n) is 0.870. The van der Waals surface area contributed by atoms with Crippen LogP contribution < -0.4 is 0 Å². The lowest BCUT2D eigenvalue weighted by atomic mass is 10.3. The number of rotatable bonds is 4. The van der Waals surface area contributed by atoms with E-state index in [4.69, 9.17) is 0 Å². The van der Waals surface area contributed by atoms with Crippen LogP contribution in [0.25, 0.3) is 0 Å². The molecule has 1 unspecified atom stereocenters. The van der Waals surface area contributed by atoms with Gasteiger partial charge in [0.25, 0.3) is 0 Å². The molecule has 86 valence electrons. The third kappa shape index (κ3) is 3.83. The molecule has 0 radical (unpaired) electrons. The second-order valence-corrected chi connectivity index (χ2v) is 3.46. The zero-order chi connectivity index (χ0) is 12.0. The highest BCUT2D eigenvalue weighted by atomic mass is 32.2. The van der Waals surface area contributed by atoms with Gasteiger partial charge in [0.2, 0.25) is 0 Å². The van der Waals surface area contributed by atoms with Gasteiger partial charge in [-0.05, 0) is 17.1 Å². The number of carbonyl (C=O) groups is 1. The minimum Gasteiger partial charge on any atom is -0.771 e. The number of nitrogens with zero attached hydrogens (tertiary/aromatic N) is 3. The van der Waals surface area contributed by atoms with Crippen molar-refractivity contribution in [1.29, 1.82) is 0 Å². The molecule has 8 heteroatoms. The van der Waals surface area contributed by atoms with E-state index < -0.39 is 22.9 Å². The number of azo groups is 1. The maximum absolute atomic E-state index is 11.1. The highest BCUT2D eigenvalue weighted by Gasteiger charge is 2.05. The van der Waals surface area contributed by atoms with Crippen LogP contribution in [0.4, 0.5) is 5.69 Å². The molecular weight excluding hydrogens is 234 g/mol. The van der Waals surface area contributed by atoms with E-state index in [1.807, 2.05) is 0 Å². The first-order chi connectivity index (χ1) is 7.63. The van der Waals surface area contributed by atoms with Crippen molar-refractivity contribution < 1.29 is 18.3 Å². The molecule has 0 saturated heterocycles. The minimum atomic E-state index is -2.28. The van der Waals surface area contributed by atoms with Crippen molar-refractivity contribution in [1.82, 2.24) is 4.98 Å². The van der Waals surface area contributed by atoms with Gasteiger partial charge in [-0.25, -0.2) is 4.79 Å². The summed E-state index contributed by atoms with van der Waals surface area (Å²) in [7, 11) is 1.25. The summed E-state index contributed by atoms with van der Waals surface area (Å²) in [6, 6.07) is 1.40. The van der Waals surface area contributed by atoms with Crippen molar-refractivity contribution in [2.24, 2.45) is 10.2 Å². The van der Waals surface area contributed by atoms with Crippen molar-refractivity contribution in [2.75, 3.05) is 13.0 Å². The SMILES string of the molecule is COC(=O)c1cncc(N=NCS(=O)[O-])c1. The summed E-state index contributed by atoms with van der Waals surface area (Å²) in [5.74, 6) is -0.973. The van der Waals surface area contributed by atoms with Crippen LogP contribution in [-0.4, -0.2) is 32.7 Å². The standard InChI is InChI=1S/C8H9N3O4S/c1-15-8(12)6-2-7(4-9-3-6)11-10-5-16(13)14/h2-4H,5H2,1H3,(H,13,14)/p-1. The van der Waals surface area contributed by atoms with Crippen molar-refractivity contribution in [3.63, 3.8) is 0 Å². The first-order valence-electron chi connectivity index (χ1n) is 4.10. The number of carbonyl (C=O) groups excluding carboxylic acids is 1. The van der Waals surface area contributed by atoms with Crippen LogP contribution in [0.2, 0.25) is 0 Å². The summed E-state index contributed by atoms with van der Waals surface area (Å²) in [4.78, 5) is 14.9. The predicted molar refractivity (Wildman–Crippen MR) is 53.9 cm³/mol. The first kappa shape index (κ1) is 12.4. The molecule has 0 saturated carbocycles. The molecule has 0 aliphatic carbocycles. The molecule has 1 aromatic heterocycles. The molecule has 0 amide bonds. The smallest absolute Gasteiger partial charge is 0.339 e. The highest BCUT2D eigenvalue weighted by Crippen LogP contribution is 2.13.